The number of phenolic OH excluding ortho intramolecular Hbond substituents is 1. The number of rotatable bonds is 11. The van der Waals surface area contributed by atoms with Crippen molar-refractivity contribution < 1.29 is 32.4 Å². The highest BCUT2D eigenvalue weighted by Gasteiger charge is 2.22. The van der Waals surface area contributed by atoms with Gasteiger partial charge in [-0.25, -0.2) is 0 Å². The monoisotopic (exact) mass is 484 g/mol. The summed E-state index contributed by atoms with van der Waals surface area (Å²) in [5.74, 6) is -0.813. The Morgan fingerprint density at radius 2 is 1.97 bits per heavy atom. The van der Waals surface area contributed by atoms with Crippen molar-refractivity contribution in [1.29, 1.82) is 0 Å². The molecule has 0 aromatic heterocycles. The number of nitrogens with one attached hydrogen (secondary N) is 1. The zero-order valence-electron chi connectivity index (χ0n) is 17.4. The highest BCUT2D eigenvalue weighted by atomic mass is 35.5. The summed E-state index contributed by atoms with van der Waals surface area (Å²) in [5.41, 5.74) is 6.79. The van der Waals surface area contributed by atoms with Crippen molar-refractivity contribution in [3.63, 3.8) is 0 Å². The highest BCUT2D eigenvalue weighted by molar-refractivity contribution is 7.86. The summed E-state index contributed by atoms with van der Waals surface area (Å²) < 4.78 is 37.0. The first kappa shape index (κ1) is 25.6. The number of hydrogen-bond donors (Lipinski definition) is 4. The average molecular weight is 485 g/mol. The molecule has 2 aromatic carbocycles. The Morgan fingerprint density at radius 1 is 1.25 bits per heavy atom. The van der Waals surface area contributed by atoms with E-state index < -0.39 is 32.7 Å². The number of methoxy groups -OCH3 is 1. The van der Waals surface area contributed by atoms with Crippen LogP contribution in [0.25, 0.3) is 0 Å². The topological polar surface area (TPSA) is 156 Å². The molecule has 9 nitrogen and oxygen atoms in total. The van der Waals surface area contributed by atoms with Crippen LogP contribution >= 0.6 is 11.6 Å². The van der Waals surface area contributed by atoms with Gasteiger partial charge in [-0.05, 0) is 42.7 Å². The smallest absolute Gasteiger partial charge is 0.298 e. The van der Waals surface area contributed by atoms with Crippen molar-refractivity contribution in [2.75, 3.05) is 13.7 Å². The summed E-state index contributed by atoms with van der Waals surface area (Å²) in [4.78, 5) is 23.6. The lowest BCUT2D eigenvalue weighted by molar-refractivity contribution is -0.122. The highest BCUT2D eigenvalue weighted by Crippen LogP contribution is 2.31. The third kappa shape index (κ3) is 7.49. The van der Waals surface area contributed by atoms with Gasteiger partial charge in [0.1, 0.15) is 22.2 Å². The van der Waals surface area contributed by atoms with Crippen LogP contribution in [0.4, 0.5) is 0 Å². The SMILES string of the molecule is COc1cccc(CCNC(=O)[C@@H](N)CCC(=O)Cc2cc(Cl)cc(S(=O)(=O)O)c2O)c1. The van der Waals surface area contributed by atoms with Gasteiger partial charge in [-0.3, -0.25) is 14.1 Å². The predicted molar refractivity (Wildman–Crippen MR) is 119 cm³/mol. The van der Waals surface area contributed by atoms with Gasteiger partial charge in [0.2, 0.25) is 5.91 Å². The number of benzene rings is 2. The van der Waals surface area contributed by atoms with Crippen molar-refractivity contribution >= 4 is 33.4 Å². The van der Waals surface area contributed by atoms with Crippen molar-refractivity contribution in [1.82, 2.24) is 5.32 Å². The molecule has 1 atom stereocenters. The zero-order valence-corrected chi connectivity index (χ0v) is 18.9. The molecule has 0 unspecified atom stereocenters. The quantitative estimate of drug-likeness (QED) is 0.352. The van der Waals surface area contributed by atoms with Gasteiger partial charge >= 0.3 is 0 Å². The molecule has 0 heterocycles. The second-order valence-electron chi connectivity index (χ2n) is 7.14. The molecule has 174 valence electrons. The van der Waals surface area contributed by atoms with E-state index >= 15 is 0 Å². The summed E-state index contributed by atoms with van der Waals surface area (Å²) in [5, 5.41) is 12.7. The number of ketones is 1. The Labute approximate surface area is 191 Å². The van der Waals surface area contributed by atoms with Crippen LogP contribution in [0.3, 0.4) is 0 Å². The second-order valence-corrected chi connectivity index (χ2v) is 8.97. The molecule has 0 saturated carbocycles. The van der Waals surface area contributed by atoms with Crippen LogP contribution in [-0.4, -0.2) is 49.5 Å². The first-order chi connectivity index (χ1) is 15.0. The van der Waals surface area contributed by atoms with E-state index in [-0.39, 0.29) is 35.6 Å². The van der Waals surface area contributed by atoms with E-state index in [0.717, 1.165) is 17.4 Å². The summed E-state index contributed by atoms with van der Waals surface area (Å²) >= 11 is 5.81. The molecule has 32 heavy (non-hydrogen) atoms. The van der Waals surface area contributed by atoms with Gasteiger partial charge in [0.05, 0.1) is 13.2 Å². The molecule has 11 heteroatoms. The number of carbonyl (C=O) groups is 2. The lowest BCUT2D eigenvalue weighted by Gasteiger charge is -2.13. The number of phenols is 1. The third-order valence-corrected chi connectivity index (χ3v) is 5.79. The Kier molecular flexibility index (Phi) is 9.02. The van der Waals surface area contributed by atoms with E-state index in [9.17, 15) is 23.1 Å². The predicted octanol–water partition coefficient (Wildman–Crippen LogP) is 1.88. The number of ether oxygens (including phenoxy) is 1. The Balaban J connectivity index is 1.84. The van der Waals surface area contributed by atoms with Gasteiger partial charge < -0.3 is 20.9 Å². The van der Waals surface area contributed by atoms with Gasteiger partial charge in [0.15, 0.2) is 0 Å². The van der Waals surface area contributed by atoms with Crippen LogP contribution in [0.1, 0.15) is 24.0 Å². The van der Waals surface area contributed by atoms with Crippen LogP contribution in [0, 0.1) is 0 Å². The normalized spacial score (nSPS) is 12.2. The summed E-state index contributed by atoms with van der Waals surface area (Å²) in [6.45, 7) is 0.364. The first-order valence-corrected chi connectivity index (χ1v) is 11.5. The van der Waals surface area contributed by atoms with Gasteiger partial charge in [-0.1, -0.05) is 23.7 Å². The maximum Gasteiger partial charge on any atom is 0.298 e. The number of aromatic hydroxyl groups is 1. The van der Waals surface area contributed by atoms with E-state index in [4.69, 9.17) is 26.6 Å². The van der Waals surface area contributed by atoms with E-state index in [1.54, 1.807) is 7.11 Å². The average Bonchev–Trinajstić information content (AvgIpc) is 2.73. The molecule has 5 N–H and O–H groups in total. The molecule has 0 aliphatic rings. The van der Waals surface area contributed by atoms with Crippen LogP contribution in [0.15, 0.2) is 41.3 Å². The maximum atomic E-state index is 12.3. The van der Waals surface area contributed by atoms with E-state index in [0.29, 0.717) is 13.0 Å². The Hall–Kier alpha value is -2.66. The third-order valence-electron chi connectivity index (χ3n) is 4.70. The maximum absolute atomic E-state index is 12.3. The van der Waals surface area contributed by atoms with Crippen molar-refractivity contribution in [2.24, 2.45) is 5.73 Å². The summed E-state index contributed by atoms with van der Waals surface area (Å²) in [6, 6.07) is 8.65. The van der Waals surface area contributed by atoms with Crippen molar-refractivity contribution in [3.05, 3.63) is 52.5 Å². The lowest BCUT2D eigenvalue weighted by atomic mass is 10.0. The standard InChI is InChI=1S/C21H25ClN2O7S/c1-31-17-4-2-3-13(9-17)7-8-24-21(27)18(23)6-5-16(25)11-14-10-15(22)12-19(20(14)26)32(28,29)30/h2-4,9-10,12,18,26H,5-8,11,23H2,1H3,(H,24,27)(H,28,29,30)/t18-/m0/s1. The van der Waals surface area contributed by atoms with Crippen molar-refractivity contribution in [3.8, 4) is 11.5 Å². The minimum Gasteiger partial charge on any atom is -0.506 e. The fraction of sp³-hybridized carbons (Fsp3) is 0.333. The number of halogens is 1. The first-order valence-electron chi connectivity index (χ1n) is 9.68. The van der Waals surface area contributed by atoms with Crippen LogP contribution in [-0.2, 0) is 32.5 Å². The minimum absolute atomic E-state index is 0.0496. The molecular formula is C21H25ClN2O7S. The molecule has 0 aliphatic carbocycles. The molecular weight excluding hydrogens is 460 g/mol. The number of carbonyl (C=O) groups excluding carboxylic acids is 2. The molecule has 0 fully saturated rings. The molecule has 0 bridgehead atoms. The molecule has 1 amide bonds. The number of hydrogen-bond acceptors (Lipinski definition) is 7. The second kappa shape index (κ2) is 11.3. The molecule has 0 spiro atoms. The number of nitrogens with two attached hydrogens (primary N) is 1. The molecule has 0 radical (unpaired) electrons. The largest absolute Gasteiger partial charge is 0.506 e. The van der Waals surface area contributed by atoms with E-state index in [2.05, 4.69) is 5.32 Å². The minimum atomic E-state index is -4.71. The Morgan fingerprint density at radius 3 is 2.62 bits per heavy atom. The fourth-order valence-corrected chi connectivity index (χ4v) is 3.95. The van der Waals surface area contributed by atoms with Gasteiger partial charge in [-0.2, -0.15) is 8.42 Å². The van der Waals surface area contributed by atoms with Gasteiger partial charge in [-0.15, -0.1) is 0 Å². The number of amides is 1. The van der Waals surface area contributed by atoms with E-state index in [1.807, 2.05) is 24.3 Å². The summed E-state index contributed by atoms with van der Waals surface area (Å²) in [6.07, 6.45) is 0.242. The molecule has 2 rings (SSSR count). The fourth-order valence-electron chi connectivity index (χ4n) is 3.00. The molecule has 0 saturated heterocycles. The molecule has 2 aromatic rings. The van der Waals surface area contributed by atoms with Crippen LogP contribution in [0.2, 0.25) is 5.02 Å². The Bertz CT molecular complexity index is 1090. The van der Waals surface area contributed by atoms with Crippen LogP contribution < -0.4 is 15.8 Å². The lowest BCUT2D eigenvalue weighted by Crippen LogP contribution is -2.41. The van der Waals surface area contributed by atoms with Crippen LogP contribution in [0.5, 0.6) is 11.5 Å². The van der Waals surface area contributed by atoms with E-state index in [1.165, 1.54) is 6.07 Å². The summed E-state index contributed by atoms with van der Waals surface area (Å²) in [7, 11) is -3.14. The molecule has 0 aliphatic heterocycles. The zero-order chi connectivity index (χ0) is 23.9. The van der Waals surface area contributed by atoms with Gasteiger partial charge in [0, 0.05) is 30.0 Å². The van der Waals surface area contributed by atoms with Crippen molar-refractivity contribution in [2.45, 2.75) is 36.6 Å². The number of Topliss-reactive ketones (excluding diaryl/α,β-unsaturated/α-hetero) is 1. The van der Waals surface area contributed by atoms with Gasteiger partial charge in [0.25, 0.3) is 10.1 Å².